The molecule has 1 unspecified atom stereocenters. The van der Waals surface area contributed by atoms with Gasteiger partial charge in [0.2, 0.25) is 0 Å². The second kappa shape index (κ2) is 9.02. The quantitative estimate of drug-likeness (QED) is 0.404. The fraction of sp³-hybridized carbons (Fsp3) is 0.353. The van der Waals surface area contributed by atoms with E-state index in [1.54, 1.807) is 30.3 Å². The molecule has 0 spiro atoms. The molecule has 0 amide bonds. The maximum absolute atomic E-state index is 12.4. The average Bonchev–Trinajstić information content (AvgIpc) is 3.06. The van der Waals surface area contributed by atoms with Gasteiger partial charge >= 0.3 is 11.7 Å². The molecule has 2 aromatic rings. The predicted octanol–water partition coefficient (Wildman–Crippen LogP) is 0.653. The maximum Gasteiger partial charge on any atom is 0.349 e. The van der Waals surface area contributed by atoms with Gasteiger partial charge in [-0.25, -0.2) is 24.0 Å². The van der Waals surface area contributed by atoms with Crippen molar-refractivity contribution in [3.05, 3.63) is 58.1 Å². The SMILES string of the molecule is Cc1cn([C@H]2C[C@H](OC(=O)c3ccccc3)[C@@H](CO[PH+](O)[S-])O2)c(=O)nc1[O-]. The Hall–Kier alpha value is -1.97. The van der Waals surface area contributed by atoms with Gasteiger partial charge in [0.15, 0.2) is 0 Å². The van der Waals surface area contributed by atoms with Crippen molar-refractivity contribution in [2.75, 3.05) is 6.61 Å². The first-order valence-corrected chi connectivity index (χ1v) is 10.9. The molecule has 2 heterocycles. The largest absolute Gasteiger partial charge is 0.858 e. The van der Waals surface area contributed by atoms with Crippen molar-refractivity contribution >= 4 is 25.8 Å². The molecular weight excluding hydrogens is 407 g/mol. The number of ether oxygens (including phenoxy) is 2. The zero-order chi connectivity index (χ0) is 20.3. The van der Waals surface area contributed by atoms with Gasteiger partial charge in [0, 0.05) is 12.6 Å². The van der Waals surface area contributed by atoms with Crippen LogP contribution in [0, 0.1) is 6.92 Å². The maximum atomic E-state index is 12.4. The van der Waals surface area contributed by atoms with Gasteiger partial charge in [0.05, 0.1) is 5.56 Å². The number of rotatable bonds is 6. The molecule has 4 atom stereocenters. The summed E-state index contributed by atoms with van der Waals surface area (Å²) in [6, 6.07) is 8.42. The lowest BCUT2D eigenvalue weighted by atomic mass is 10.1. The molecule has 11 heteroatoms. The summed E-state index contributed by atoms with van der Waals surface area (Å²) < 4.78 is 17.6. The van der Waals surface area contributed by atoms with Gasteiger partial charge in [-0.05, 0) is 30.5 Å². The Labute approximate surface area is 167 Å². The zero-order valence-corrected chi connectivity index (χ0v) is 16.6. The van der Waals surface area contributed by atoms with Gasteiger partial charge in [-0.1, -0.05) is 18.2 Å². The van der Waals surface area contributed by atoms with Crippen LogP contribution in [0.2, 0.25) is 0 Å². The van der Waals surface area contributed by atoms with Gasteiger partial charge in [0.1, 0.15) is 32.6 Å². The summed E-state index contributed by atoms with van der Waals surface area (Å²) in [7, 11) is -2.39. The van der Waals surface area contributed by atoms with E-state index < -0.39 is 43.6 Å². The first kappa shape index (κ1) is 20.8. The minimum absolute atomic E-state index is 0.0989. The predicted molar refractivity (Wildman–Crippen MR) is 101 cm³/mol. The number of carbonyl (C=O) groups excluding carboxylic acids is 1. The van der Waals surface area contributed by atoms with E-state index in [0.717, 1.165) is 0 Å². The highest BCUT2D eigenvalue weighted by Gasteiger charge is 2.40. The van der Waals surface area contributed by atoms with E-state index in [2.05, 4.69) is 17.2 Å². The summed E-state index contributed by atoms with van der Waals surface area (Å²) >= 11 is 4.66. The number of benzene rings is 1. The third kappa shape index (κ3) is 4.89. The third-order valence-electron chi connectivity index (χ3n) is 4.22. The van der Waals surface area contributed by atoms with Crippen LogP contribution in [0.5, 0.6) is 5.88 Å². The van der Waals surface area contributed by atoms with E-state index in [1.165, 1.54) is 17.7 Å². The van der Waals surface area contributed by atoms with E-state index in [-0.39, 0.29) is 18.6 Å². The van der Waals surface area contributed by atoms with Crippen LogP contribution in [0.1, 0.15) is 28.6 Å². The molecule has 28 heavy (non-hydrogen) atoms. The number of aryl methyl sites for hydroxylation is 1. The second-order valence-corrected chi connectivity index (χ2v) is 8.04. The Morgan fingerprint density at radius 3 is 2.86 bits per heavy atom. The number of nitrogens with zero attached hydrogens (tertiary/aromatic N) is 2. The molecule has 3 rings (SSSR count). The van der Waals surface area contributed by atoms with Crippen LogP contribution >= 0.6 is 7.58 Å². The van der Waals surface area contributed by atoms with Crippen LogP contribution in [0.15, 0.2) is 41.3 Å². The monoisotopic (exact) mass is 425 g/mol. The van der Waals surface area contributed by atoms with Gasteiger partial charge in [0.25, 0.3) is 0 Å². The molecule has 1 aliphatic heterocycles. The lowest BCUT2D eigenvalue weighted by molar-refractivity contribution is -0.276. The highest BCUT2D eigenvalue weighted by molar-refractivity contribution is 8.28. The van der Waals surface area contributed by atoms with Crippen molar-refractivity contribution in [1.82, 2.24) is 9.55 Å². The molecule has 0 saturated carbocycles. The molecule has 1 saturated heterocycles. The van der Waals surface area contributed by atoms with Gasteiger partial charge in [-0.2, -0.15) is 0 Å². The van der Waals surface area contributed by atoms with E-state index in [4.69, 9.17) is 14.0 Å². The Morgan fingerprint density at radius 2 is 2.18 bits per heavy atom. The standard InChI is InChI=1S/C17H19N2O7PS/c1-10-8-19(17(22)18-15(10)20)14-7-12(13(25-14)9-24-27(23)28)26-16(21)11-5-3-2-4-6-11/h2-6,8,12-14,23,27H,7,9H2,1H3,(H,18,20,22)/p-1/t12-,13+,14+/m0/s1. The molecule has 1 aliphatic rings. The number of hydrogen-bond donors (Lipinski definition) is 1. The van der Waals surface area contributed by atoms with E-state index >= 15 is 0 Å². The van der Waals surface area contributed by atoms with Crippen LogP contribution in [-0.4, -0.2) is 39.2 Å². The van der Waals surface area contributed by atoms with Crippen molar-refractivity contribution in [3.8, 4) is 5.88 Å². The van der Waals surface area contributed by atoms with Crippen molar-refractivity contribution in [1.29, 1.82) is 0 Å². The van der Waals surface area contributed by atoms with Crippen molar-refractivity contribution < 1.29 is 28.8 Å². The van der Waals surface area contributed by atoms with Crippen LogP contribution in [-0.2, 0) is 26.2 Å². The summed E-state index contributed by atoms with van der Waals surface area (Å²) in [6.07, 6.45) is -0.784. The summed E-state index contributed by atoms with van der Waals surface area (Å²) in [5, 5.41) is 11.5. The first-order chi connectivity index (χ1) is 13.3. The third-order valence-corrected chi connectivity index (χ3v) is 4.99. The molecule has 0 radical (unpaired) electrons. The van der Waals surface area contributed by atoms with Crippen LogP contribution in [0.25, 0.3) is 0 Å². The molecule has 1 aromatic heterocycles. The smallest absolute Gasteiger partial charge is 0.349 e. The zero-order valence-electron chi connectivity index (χ0n) is 14.8. The van der Waals surface area contributed by atoms with Crippen LogP contribution < -0.4 is 10.8 Å². The Morgan fingerprint density at radius 1 is 1.46 bits per heavy atom. The molecule has 0 bridgehead atoms. The lowest BCUT2D eigenvalue weighted by Crippen LogP contribution is -2.30. The highest BCUT2D eigenvalue weighted by Crippen LogP contribution is 2.34. The molecule has 0 aliphatic carbocycles. The molecule has 1 fully saturated rings. The van der Waals surface area contributed by atoms with Crippen molar-refractivity contribution in [2.45, 2.75) is 31.8 Å². The number of carbonyl (C=O) groups is 1. The summed E-state index contributed by atoms with van der Waals surface area (Å²) in [5.74, 6) is -1.16. The van der Waals surface area contributed by atoms with Gasteiger partial charge < -0.3 is 26.8 Å². The number of esters is 1. The Balaban J connectivity index is 1.80. The topological polar surface area (TPSA) is 123 Å². The lowest BCUT2D eigenvalue weighted by Gasteiger charge is -2.19. The van der Waals surface area contributed by atoms with Crippen molar-refractivity contribution in [2.24, 2.45) is 0 Å². The van der Waals surface area contributed by atoms with Gasteiger partial charge in [-0.3, -0.25) is 4.57 Å². The van der Waals surface area contributed by atoms with Crippen LogP contribution in [0.4, 0.5) is 0 Å². The first-order valence-electron chi connectivity index (χ1n) is 8.39. The fourth-order valence-electron chi connectivity index (χ4n) is 2.84. The Kier molecular flexibility index (Phi) is 6.69. The minimum atomic E-state index is -2.39. The van der Waals surface area contributed by atoms with E-state index in [1.807, 2.05) is 0 Å². The van der Waals surface area contributed by atoms with E-state index in [9.17, 15) is 19.6 Å². The van der Waals surface area contributed by atoms with E-state index in [0.29, 0.717) is 5.56 Å². The van der Waals surface area contributed by atoms with Crippen molar-refractivity contribution in [3.63, 3.8) is 0 Å². The number of aromatic nitrogens is 2. The molecular formula is C17H18N2O7PS-. The van der Waals surface area contributed by atoms with Crippen LogP contribution in [0.3, 0.4) is 0 Å². The molecule has 150 valence electrons. The molecule has 1 N–H and O–H groups in total. The normalized spacial score (nSPS) is 22.8. The second-order valence-electron chi connectivity index (χ2n) is 6.17. The summed E-state index contributed by atoms with van der Waals surface area (Å²) in [6.45, 7) is 1.43. The summed E-state index contributed by atoms with van der Waals surface area (Å²) in [5.41, 5.74) is -0.108. The Bertz CT molecular complexity index is 893. The highest BCUT2D eigenvalue weighted by atomic mass is 32.7. The molecule has 1 aromatic carbocycles. The number of hydrogen-bond acceptors (Lipinski definition) is 9. The molecule has 9 nitrogen and oxygen atoms in total. The fourth-order valence-corrected chi connectivity index (χ4v) is 3.35. The van der Waals surface area contributed by atoms with Gasteiger partial charge in [-0.15, -0.1) is 0 Å². The summed E-state index contributed by atoms with van der Waals surface area (Å²) in [4.78, 5) is 37.2. The minimum Gasteiger partial charge on any atom is -0.858 e. The average molecular weight is 425 g/mol.